The van der Waals surface area contributed by atoms with Gasteiger partial charge in [-0.2, -0.15) is 0 Å². The predicted octanol–water partition coefficient (Wildman–Crippen LogP) is 3.05. The number of hydrogen-bond donors (Lipinski definition) is 1. The van der Waals surface area contributed by atoms with Gasteiger partial charge in [0.15, 0.2) is 0 Å². The van der Waals surface area contributed by atoms with E-state index in [1.165, 1.54) is 19.1 Å². The summed E-state index contributed by atoms with van der Waals surface area (Å²) in [7, 11) is 1.70. The van der Waals surface area contributed by atoms with Gasteiger partial charge in [-0.25, -0.2) is 4.39 Å². The Morgan fingerprint density at radius 3 is 2.29 bits per heavy atom. The first-order valence-electron chi connectivity index (χ1n) is 7.76. The van der Waals surface area contributed by atoms with Gasteiger partial charge in [0.2, 0.25) is 11.8 Å². The summed E-state index contributed by atoms with van der Waals surface area (Å²) in [6.45, 7) is 1.82. The molecule has 0 heterocycles. The van der Waals surface area contributed by atoms with Crippen LogP contribution < -0.4 is 5.32 Å². The molecule has 5 heteroatoms. The molecule has 0 aromatic heterocycles. The van der Waals surface area contributed by atoms with E-state index in [1.807, 2.05) is 30.3 Å². The first-order valence-corrected chi connectivity index (χ1v) is 7.76. The van der Waals surface area contributed by atoms with E-state index < -0.39 is 0 Å². The molecule has 126 valence electrons. The topological polar surface area (TPSA) is 49.4 Å². The minimum Gasteiger partial charge on any atom is -0.349 e. The lowest BCUT2D eigenvalue weighted by Crippen LogP contribution is -2.33. The van der Waals surface area contributed by atoms with Crippen LogP contribution in [0.25, 0.3) is 0 Å². The average Bonchev–Trinajstić information content (AvgIpc) is 2.56. The SMILES string of the molecule is CC(=O)N[C@@H](CC(=O)N(C)Cc1ccc(F)cc1)c1ccccc1. The summed E-state index contributed by atoms with van der Waals surface area (Å²) in [5.41, 5.74) is 1.74. The Labute approximate surface area is 141 Å². The van der Waals surface area contributed by atoms with Crippen LogP contribution in [-0.2, 0) is 16.1 Å². The maximum atomic E-state index is 12.9. The first-order chi connectivity index (χ1) is 11.5. The lowest BCUT2D eigenvalue weighted by Gasteiger charge is -2.22. The van der Waals surface area contributed by atoms with Gasteiger partial charge >= 0.3 is 0 Å². The van der Waals surface area contributed by atoms with Gasteiger partial charge in [0.1, 0.15) is 5.82 Å². The number of hydrogen-bond acceptors (Lipinski definition) is 2. The van der Waals surface area contributed by atoms with Crippen LogP contribution in [0.1, 0.15) is 30.5 Å². The van der Waals surface area contributed by atoms with Gasteiger partial charge in [-0.3, -0.25) is 9.59 Å². The molecule has 0 aliphatic rings. The zero-order chi connectivity index (χ0) is 17.5. The molecule has 1 N–H and O–H groups in total. The summed E-state index contributed by atoms with van der Waals surface area (Å²) >= 11 is 0. The Bertz CT molecular complexity index is 686. The molecule has 0 aliphatic carbocycles. The summed E-state index contributed by atoms with van der Waals surface area (Å²) in [6, 6.07) is 15.1. The van der Waals surface area contributed by atoms with Crippen molar-refractivity contribution in [1.82, 2.24) is 10.2 Å². The molecule has 2 rings (SSSR count). The minimum absolute atomic E-state index is 0.0954. The number of nitrogens with one attached hydrogen (secondary N) is 1. The average molecular weight is 328 g/mol. The van der Waals surface area contributed by atoms with Crippen LogP contribution >= 0.6 is 0 Å². The third-order valence-corrected chi connectivity index (χ3v) is 3.72. The van der Waals surface area contributed by atoms with Gasteiger partial charge < -0.3 is 10.2 Å². The third-order valence-electron chi connectivity index (χ3n) is 3.72. The Morgan fingerprint density at radius 1 is 1.08 bits per heavy atom. The second-order valence-corrected chi connectivity index (χ2v) is 5.74. The van der Waals surface area contributed by atoms with Crippen LogP contribution in [0.2, 0.25) is 0 Å². The Balaban J connectivity index is 2.03. The maximum absolute atomic E-state index is 12.9. The number of nitrogens with zero attached hydrogens (tertiary/aromatic N) is 1. The predicted molar refractivity (Wildman–Crippen MR) is 90.5 cm³/mol. The zero-order valence-electron chi connectivity index (χ0n) is 13.8. The molecular formula is C19H21FN2O2. The van der Waals surface area contributed by atoms with Crippen molar-refractivity contribution in [3.8, 4) is 0 Å². The van der Waals surface area contributed by atoms with Crippen molar-refractivity contribution in [2.75, 3.05) is 7.05 Å². The zero-order valence-corrected chi connectivity index (χ0v) is 13.8. The summed E-state index contributed by atoms with van der Waals surface area (Å²) in [6.07, 6.45) is 0.168. The minimum atomic E-state index is -0.369. The molecule has 1 atom stereocenters. The molecule has 0 fully saturated rings. The highest BCUT2D eigenvalue weighted by atomic mass is 19.1. The van der Waals surface area contributed by atoms with E-state index in [1.54, 1.807) is 24.1 Å². The van der Waals surface area contributed by atoms with Crippen molar-refractivity contribution in [3.63, 3.8) is 0 Å². The summed E-state index contributed by atoms with van der Waals surface area (Å²) in [4.78, 5) is 25.5. The molecule has 2 aromatic carbocycles. The van der Waals surface area contributed by atoms with Crippen molar-refractivity contribution in [1.29, 1.82) is 0 Å². The number of carbonyl (C=O) groups is 2. The maximum Gasteiger partial charge on any atom is 0.225 e. The van der Waals surface area contributed by atoms with Gasteiger partial charge in [0, 0.05) is 20.5 Å². The van der Waals surface area contributed by atoms with E-state index in [-0.39, 0.29) is 30.1 Å². The van der Waals surface area contributed by atoms with Crippen LogP contribution in [0.4, 0.5) is 4.39 Å². The van der Waals surface area contributed by atoms with Crippen molar-refractivity contribution in [2.24, 2.45) is 0 Å². The molecule has 0 saturated carbocycles. The molecule has 0 bridgehead atoms. The van der Waals surface area contributed by atoms with Crippen molar-refractivity contribution < 1.29 is 14.0 Å². The van der Waals surface area contributed by atoms with Crippen molar-refractivity contribution in [2.45, 2.75) is 25.9 Å². The van der Waals surface area contributed by atoms with Gasteiger partial charge in [0.05, 0.1) is 12.5 Å². The third kappa shape index (κ3) is 5.19. The normalized spacial score (nSPS) is 11.6. The van der Waals surface area contributed by atoms with Crippen LogP contribution in [-0.4, -0.2) is 23.8 Å². The smallest absolute Gasteiger partial charge is 0.225 e. The quantitative estimate of drug-likeness (QED) is 0.886. The molecule has 4 nitrogen and oxygen atoms in total. The van der Waals surface area contributed by atoms with E-state index in [0.29, 0.717) is 6.54 Å². The lowest BCUT2D eigenvalue weighted by molar-refractivity contribution is -0.131. The fourth-order valence-electron chi connectivity index (χ4n) is 2.47. The molecule has 0 spiro atoms. The summed E-state index contributed by atoms with van der Waals surface area (Å²) < 4.78 is 12.9. The Morgan fingerprint density at radius 2 is 1.71 bits per heavy atom. The number of carbonyl (C=O) groups excluding carboxylic acids is 2. The molecule has 0 radical (unpaired) electrons. The van der Waals surface area contributed by atoms with Crippen LogP contribution in [0.3, 0.4) is 0 Å². The van der Waals surface area contributed by atoms with Gasteiger partial charge in [-0.1, -0.05) is 42.5 Å². The molecule has 24 heavy (non-hydrogen) atoms. The molecule has 0 unspecified atom stereocenters. The fraction of sp³-hybridized carbons (Fsp3) is 0.263. The molecular weight excluding hydrogens is 307 g/mol. The van der Waals surface area contributed by atoms with Crippen LogP contribution in [0, 0.1) is 5.82 Å². The van der Waals surface area contributed by atoms with E-state index in [0.717, 1.165) is 11.1 Å². The monoisotopic (exact) mass is 328 g/mol. The van der Waals surface area contributed by atoms with Gasteiger partial charge in [-0.15, -0.1) is 0 Å². The Hall–Kier alpha value is -2.69. The second-order valence-electron chi connectivity index (χ2n) is 5.74. The first kappa shape index (κ1) is 17.7. The second kappa shape index (κ2) is 8.24. The highest BCUT2D eigenvalue weighted by Crippen LogP contribution is 2.18. The van der Waals surface area contributed by atoms with Gasteiger partial charge in [-0.05, 0) is 23.3 Å². The standard InChI is InChI=1S/C19H21FN2O2/c1-14(23)21-18(16-6-4-3-5-7-16)12-19(24)22(2)13-15-8-10-17(20)11-9-15/h3-11,18H,12-13H2,1-2H3,(H,21,23)/t18-/m0/s1. The van der Waals surface area contributed by atoms with E-state index in [2.05, 4.69) is 5.32 Å². The molecule has 0 aliphatic heterocycles. The number of amides is 2. The lowest BCUT2D eigenvalue weighted by atomic mass is 10.0. The van der Waals surface area contributed by atoms with E-state index in [4.69, 9.17) is 0 Å². The van der Waals surface area contributed by atoms with Crippen molar-refractivity contribution in [3.05, 3.63) is 71.5 Å². The van der Waals surface area contributed by atoms with Crippen LogP contribution in [0.5, 0.6) is 0 Å². The van der Waals surface area contributed by atoms with E-state index >= 15 is 0 Å². The Kier molecular flexibility index (Phi) is 6.07. The summed E-state index contributed by atoms with van der Waals surface area (Å²) in [5.74, 6) is -0.581. The molecule has 0 saturated heterocycles. The molecule has 2 aromatic rings. The largest absolute Gasteiger partial charge is 0.349 e. The number of benzene rings is 2. The van der Waals surface area contributed by atoms with Crippen LogP contribution in [0.15, 0.2) is 54.6 Å². The summed E-state index contributed by atoms with van der Waals surface area (Å²) in [5, 5.41) is 2.82. The van der Waals surface area contributed by atoms with Gasteiger partial charge in [0.25, 0.3) is 0 Å². The van der Waals surface area contributed by atoms with Crippen molar-refractivity contribution >= 4 is 11.8 Å². The highest BCUT2D eigenvalue weighted by Gasteiger charge is 2.19. The highest BCUT2D eigenvalue weighted by molar-refractivity contribution is 5.79. The number of rotatable bonds is 6. The number of halogens is 1. The van der Waals surface area contributed by atoms with E-state index in [9.17, 15) is 14.0 Å². The fourth-order valence-corrected chi connectivity index (χ4v) is 2.47. The molecule has 2 amide bonds.